The van der Waals surface area contributed by atoms with E-state index in [-0.39, 0.29) is 30.2 Å². The quantitative estimate of drug-likeness (QED) is 0.748. The minimum atomic E-state index is -3.26. The predicted molar refractivity (Wildman–Crippen MR) is 112 cm³/mol. The van der Waals surface area contributed by atoms with Gasteiger partial charge in [-0.3, -0.25) is 4.79 Å². The molecular weight excluding hydrogens is 376 g/mol. The standard InChI is InChI=1S/C21H34N2O4S/c1-7-28(25,26)23-10-8-9-17(13-23)21(24)22-16(5)19-12-18(14(2)3)20(27-6)11-15(19)4/h11-12,14,16-17H,7-10,13H2,1-6H3,(H,22,24)/t16-,17-/m0/s1. The first kappa shape index (κ1) is 22.7. The number of nitrogens with one attached hydrogen (secondary N) is 1. The van der Waals surface area contributed by atoms with Crippen LogP contribution in [0.3, 0.4) is 0 Å². The van der Waals surface area contributed by atoms with Crippen LogP contribution in [0, 0.1) is 12.8 Å². The number of carbonyl (C=O) groups excluding carboxylic acids is 1. The third-order valence-electron chi connectivity index (χ3n) is 5.58. The summed E-state index contributed by atoms with van der Waals surface area (Å²) in [5.74, 6) is 0.858. The maximum absolute atomic E-state index is 12.8. The van der Waals surface area contributed by atoms with Crippen LogP contribution in [0.4, 0.5) is 0 Å². The van der Waals surface area contributed by atoms with Crippen molar-refractivity contribution in [1.82, 2.24) is 9.62 Å². The fraction of sp³-hybridized carbons (Fsp3) is 0.667. The van der Waals surface area contributed by atoms with Crippen molar-refractivity contribution in [2.45, 2.75) is 59.4 Å². The molecule has 0 unspecified atom stereocenters. The smallest absolute Gasteiger partial charge is 0.224 e. The molecule has 7 heteroatoms. The maximum atomic E-state index is 12.8. The lowest BCUT2D eigenvalue weighted by molar-refractivity contribution is -0.126. The molecule has 0 aromatic heterocycles. The van der Waals surface area contributed by atoms with Crippen LogP contribution in [-0.2, 0) is 14.8 Å². The molecule has 2 rings (SSSR count). The van der Waals surface area contributed by atoms with Gasteiger partial charge in [0, 0.05) is 13.1 Å². The van der Waals surface area contributed by atoms with Gasteiger partial charge in [0.2, 0.25) is 15.9 Å². The first-order chi connectivity index (χ1) is 13.1. The van der Waals surface area contributed by atoms with Gasteiger partial charge in [-0.2, -0.15) is 0 Å². The number of carbonyl (C=O) groups is 1. The zero-order valence-electron chi connectivity index (χ0n) is 17.9. The topological polar surface area (TPSA) is 75.7 Å². The number of amides is 1. The van der Waals surface area contributed by atoms with Crippen molar-refractivity contribution in [3.05, 3.63) is 28.8 Å². The van der Waals surface area contributed by atoms with E-state index in [1.807, 2.05) is 19.9 Å². The SMILES string of the molecule is CCS(=O)(=O)N1CCC[C@H](C(=O)N[C@@H](C)c2cc(C(C)C)c(OC)cc2C)C1. The Morgan fingerprint density at radius 1 is 1.29 bits per heavy atom. The van der Waals surface area contributed by atoms with E-state index in [0.717, 1.165) is 22.4 Å². The number of benzene rings is 1. The van der Waals surface area contributed by atoms with Crippen LogP contribution < -0.4 is 10.1 Å². The Morgan fingerprint density at radius 3 is 2.54 bits per heavy atom. The number of nitrogens with zero attached hydrogens (tertiary/aromatic N) is 1. The highest BCUT2D eigenvalue weighted by Crippen LogP contribution is 2.32. The maximum Gasteiger partial charge on any atom is 0.224 e. The molecule has 0 radical (unpaired) electrons. The summed E-state index contributed by atoms with van der Waals surface area (Å²) in [6.07, 6.45) is 1.43. The summed E-state index contributed by atoms with van der Waals surface area (Å²) in [6.45, 7) is 10.6. The Morgan fingerprint density at radius 2 is 1.96 bits per heavy atom. The van der Waals surface area contributed by atoms with Gasteiger partial charge in [0.1, 0.15) is 5.75 Å². The average molecular weight is 411 g/mol. The van der Waals surface area contributed by atoms with Crippen molar-refractivity contribution >= 4 is 15.9 Å². The van der Waals surface area contributed by atoms with Gasteiger partial charge in [0.15, 0.2) is 0 Å². The number of sulfonamides is 1. The summed E-state index contributed by atoms with van der Waals surface area (Å²) in [6, 6.07) is 3.97. The van der Waals surface area contributed by atoms with Crippen molar-refractivity contribution < 1.29 is 17.9 Å². The molecular formula is C21H34N2O4S. The second-order valence-electron chi connectivity index (χ2n) is 7.93. The second kappa shape index (κ2) is 9.27. The fourth-order valence-corrected chi connectivity index (χ4v) is 4.99. The van der Waals surface area contributed by atoms with Crippen LogP contribution in [0.25, 0.3) is 0 Å². The van der Waals surface area contributed by atoms with Crippen LogP contribution in [0.2, 0.25) is 0 Å². The van der Waals surface area contributed by atoms with E-state index in [4.69, 9.17) is 4.74 Å². The van der Waals surface area contributed by atoms with Crippen molar-refractivity contribution in [2.75, 3.05) is 26.0 Å². The molecule has 0 saturated carbocycles. The highest BCUT2D eigenvalue weighted by molar-refractivity contribution is 7.89. The number of rotatable bonds is 7. The number of hydrogen-bond donors (Lipinski definition) is 1. The van der Waals surface area contributed by atoms with E-state index >= 15 is 0 Å². The molecule has 1 fully saturated rings. The van der Waals surface area contributed by atoms with Crippen LogP contribution in [0.1, 0.15) is 69.2 Å². The van der Waals surface area contributed by atoms with E-state index in [0.29, 0.717) is 25.3 Å². The van der Waals surface area contributed by atoms with E-state index in [1.165, 1.54) is 4.31 Å². The van der Waals surface area contributed by atoms with Crippen molar-refractivity contribution in [2.24, 2.45) is 5.92 Å². The molecule has 1 aliphatic heterocycles. The van der Waals surface area contributed by atoms with Gasteiger partial charge in [-0.25, -0.2) is 12.7 Å². The molecule has 2 atom stereocenters. The molecule has 1 saturated heterocycles. The van der Waals surface area contributed by atoms with E-state index < -0.39 is 10.0 Å². The molecule has 1 aromatic carbocycles. The molecule has 0 bridgehead atoms. The van der Waals surface area contributed by atoms with Gasteiger partial charge in [-0.05, 0) is 68.4 Å². The lowest BCUT2D eigenvalue weighted by Crippen LogP contribution is -2.46. The molecule has 0 spiro atoms. The summed E-state index contributed by atoms with van der Waals surface area (Å²) in [4.78, 5) is 12.8. The zero-order valence-corrected chi connectivity index (χ0v) is 18.7. The zero-order chi connectivity index (χ0) is 21.1. The lowest BCUT2D eigenvalue weighted by Gasteiger charge is -2.31. The van der Waals surface area contributed by atoms with Gasteiger partial charge in [-0.15, -0.1) is 0 Å². The lowest BCUT2D eigenvalue weighted by atomic mass is 9.92. The van der Waals surface area contributed by atoms with Crippen LogP contribution in [0.15, 0.2) is 12.1 Å². The van der Waals surface area contributed by atoms with Gasteiger partial charge in [0.25, 0.3) is 0 Å². The van der Waals surface area contributed by atoms with Crippen molar-refractivity contribution in [1.29, 1.82) is 0 Å². The molecule has 158 valence electrons. The molecule has 28 heavy (non-hydrogen) atoms. The highest BCUT2D eigenvalue weighted by atomic mass is 32.2. The first-order valence-corrected chi connectivity index (χ1v) is 11.7. The highest BCUT2D eigenvalue weighted by Gasteiger charge is 2.32. The summed E-state index contributed by atoms with van der Waals surface area (Å²) in [5, 5.41) is 3.10. The third-order valence-corrected chi connectivity index (χ3v) is 7.43. The van der Waals surface area contributed by atoms with Crippen LogP contribution >= 0.6 is 0 Å². The van der Waals surface area contributed by atoms with Crippen LogP contribution in [0.5, 0.6) is 5.75 Å². The summed E-state index contributed by atoms with van der Waals surface area (Å²) < 4.78 is 31.3. The number of aryl methyl sites for hydroxylation is 1. The van der Waals surface area contributed by atoms with Gasteiger partial charge in [-0.1, -0.05) is 13.8 Å². The van der Waals surface area contributed by atoms with E-state index in [9.17, 15) is 13.2 Å². The Hall–Kier alpha value is -1.60. The molecule has 6 nitrogen and oxygen atoms in total. The van der Waals surface area contributed by atoms with Gasteiger partial charge >= 0.3 is 0 Å². The minimum absolute atomic E-state index is 0.0702. The van der Waals surface area contributed by atoms with Crippen LogP contribution in [-0.4, -0.2) is 44.6 Å². The van der Waals surface area contributed by atoms with Gasteiger partial charge in [0.05, 0.1) is 24.8 Å². The third kappa shape index (κ3) is 5.06. The Kier molecular flexibility index (Phi) is 7.51. The molecule has 1 N–H and O–H groups in total. The van der Waals surface area contributed by atoms with E-state index in [2.05, 4.69) is 25.2 Å². The predicted octanol–water partition coefficient (Wildman–Crippen LogP) is 3.37. The molecule has 1 aliphatic rings. The Balaban J connectivity index is 2.15. The molecule has 1 aromatic rings. The monoisotopic (exact) mass is 410 g/mol. The normalized spacial score (nSPS) is 19.5. The van der Waals surface area contributed by atoms with Gasteiger partial charge < -0.3 is 10.1 Å². The second-order valence-corrected chi connectivity index (χ2v) is 10.2. The minimum Gasteiger partial charge on any atom is -0.496 e. The molecule has 1 amide bonds. The molecule has 0 aliphatic carbocycles. The first-order valence-electron chi connectivity index (χ1n) is 10.1. The Bertz CT molecular complexity index is 805. The number of methoxy groups -OCH3 is 1. The summed E-state index contributed by atoms with van der Waals surface area (Å²) in [7, 11) is -1.59. The largest absolute Gasteiger partial charge is 0.496 e. The fourth-order valence-electron chi connectivity index (χ4n) is 3.81. The number of hydrogen-bond acceptors (Lipinski definition) is 4. The average Bonchev–Trinajstić information content (AvgIpc) is 2.67. The summed E-state index contributed by atoms with van der Waals surface area (Å²) >= 11 is 0. The van der Waals surface area contributed by atoms with Crippen molar-refractivity contribution in [3.8, 4) is 5.75 Å². The Labute approximate surface area is 169 Å². The number of ether oxygens (including phenoxy) is 1. The van der Waals surface area contributed by atoms with E-state index in [1.54, 1.807) is 14.0 Å². The summed E-state index contributed by atoms with van der Waals surface area (Å²) in [5.41, 5.74) is 3.24. The molecule has 1 heterocycles. The number of piperidine rings is 1. The van der Waals surface area contributed by atoms with Crippen molar-refractivity contribution in [3.63, 3.8) is 0 Å².